The molecule has 140 valence electrons. The second-order valence-corrected chi connectivity index (χ2v) is 6.65. The molecule has 1 fully saturated rings. The molecule has 1 saturated heterocycles. The van der Waals surface area contributed by atoms with Gasteiger partial charge in [-0.3, -0.25) is 14.4 Å². The van der Waals surface area contributed by atoms with Gasteiger partial charge in [-0.2, -0.15) is 5.10 Å². The molecular formula is C20H23N5O2. The van der Waals surface area contributed by atoms with E-state index in [0.29, 0.717) is 25.4 Å². The lowest BCUT2D eigenvalue weighted by molar-refractivity contribution is -0.121. The van der Waals surface area contributed by atoms with E-state index in [9.17, 15) is 4.79 Å². The van der Waals surface area contributed by atoms with Crippen molar-refractivity contribution in [3.05, 3.63) is 42.9 Å². The van der Waals surface area contributed by atoms with E-state index in [0.717, 1.165) is 28.4 Å². The summed E-state index contributed by atoms with van der Waals surface area (Å²) in [5, 5.41) is 9.57. The minimum Gasteiger partial charge on any atom is -0.355 e. The fourth-order valence-corrected chi connectivity index (χ4v) is 3.33. The van der Waals surface area contributed by atoms with Crippen molar-refractivity contribution in [3.8, 4) is 11.1 Å². The van der Waals surface area contributed by atoms with Crippen LogP contribution in [0.25, 0.3) is 21.9 Å². The molecule has 7 heteroatoms. The van der Waals surface area contributed by atoms with Crippen LogP contribution in [-0.4, -0.2) is 46.6 Å². The van der Waals surface area contributed by atoms with Crippen molar-refractivity contribution in [1.29, 1.82) is 0 Å². The zero-order chi connectivity index (χ0) is 18.8. The number of aromatic nitrogens is 3. The zero-order valence-electron chi connectivity index (χ0n) is 15.6. The van der Waals surface area contributed by atoms with Crippen LogP contribution in [0.3, 0.4) is 0 Å². The molecule has 1 amide bonds. The van der Waals surface area contributed by atoms with Crippen LogP contribution in [0.2, 0.25) is 0 Å². The number of rotatable bonds is 4. The Morgan fingerprint density at radius 3 is 2.89 bits per heavy atom. The molecule has 1 aliphatic rings. The number of aryl methyl sites for hydroxylation is 1. The second kappa shape index (κ2) is 7.46. The van der Waals surface area contributed by atoms with Crippen molar-refractivity contribution in [2.24, 2.45) is 7.05 Å². The normalized spacial score (nSPS) is 17.2. The third kappa shape index (κ3) is 3.56. The van der Waals surface area contributed by atoms with Crippen LogP contribution in [0.5, 0.6) is 0 Å². The molecule has 0 spiro atoms. The number of benzene rings is 1. The highest BCUT2D eigenvalue weighted by molar-refractivity contribution is 5.96. The number of anilines is 1. The van der Waals surface area contributed by atoms with Gasteiger partial charge in [0, 0.05) is 49.9 Å². The predicted octanol–water partition coefficient (Wildman–Crippen LogP) is 2.32. The number of hydrogen-bond acceptors (Lipinski definition) is 5. The predicted molar refractivity (Wildman–Crippen MR) is 104 cm³/mol. The summed E-state index contributed by atoms with van der Waals surface area (Å²) in [6, 6.07) is 8.16. The van der Waals surface area contributed by atoms with E-state index in [4.69, 9.17) is 4.74 Å². The number of hydrogen-bond donors (Lipinski definition) is 1. The molecular weight excluding hydrogens is 342 g/mol. The van der Waals surface area contributed by atoms with Crippen molar-refractivity contribution in [2.45, 2.75) is 19.6 Å². The molecule has 1 N–H and O–H groups in total. The van der Waals surface area contributed by atoms with Gasteiger partial charge in [0.15, 0.2) is 6.23 Å². The molecule has 7 nitrogen and oxygen atoms in total. The van der Waals surface area contributed by atoms with Crippen LogP contribution < -0.4 is 10.2 Å². The summed E-state index contributed by atoms with van der Waals surface area (Å²) < 4.78 is 7.60. The Labute approximate surface area is 157 Å². The number of carbonyl (C=O) groups excluding carboxylic acids is 1. The van der Waals surface area contributed by atoms with Crippen molar-refractivity contribution < 1.29 is 9.53 Å². The van der Waals surface area contributed by atoms with E-state index in [-0.39, 0.29) is 12.1 Å². The molecule has 1 unspecified atom stereocenters. The van der Waals surface area contributed by atoms with Gasteiger partial charge in [-0.05, 0) is 23.1 Å². The van der Waals surface area contributed by atoms with E-state index >= 15 is 0 Å². The fourth-order valence-electron chi connectivity index (χ4n) is 3.33. The van der Waals surface area contributed by atoms with Crippen LogP contribution in [0.1, 0.15) is 13.3 Å². The van der Waals surface area contributed by atoms with E-state index in [1.807, 2.05) is 44.7 Å². The quantitative estimate of drug-likeness (QED) is 0.768. The maximum absolute atomic E-state index is 12.6. The van der Waals surface area contributed by atoms with Gasteiger partial charge in [0.1, 0.15) is 5.82 Å². The third-order valence-electron chi connectivity index (χ3n) is 4.76. The zero-order valence-corrected chi connectivity index (χ0v) is 15.6. The summed E-state index contributed by atoms with van der Waals surface area (Å²) in [6.45, 7) is 3.83. The smallest absolute Gasteiger partial charge is 0.230 e. The van der Waals surface area contributed by atoms with E-state index in [1.165, 1.54) is 0 Å². The third-order valence-corrected chi connectivity index (χ3v) is 4.76. The van der Waals surface area contributed by atoms with Crippen molar-refractivity contribution in [2.75, 3.05) is 24.6 Å². The van der Waals surface area contributed by atoms with Crippen molar-refractivity contribution in [1.82, 2.24) is 20.1 Å². The van der Waals surface area contributed by atoms with Gasteiger partial charge in [0.05, 0.1) is 12.8 Å². The first-order valence-corrected chi connectivity index (χ1v) is 9.19. The Morgan fingerprint density at radius 2 is 2.19 bits per heavy atom. The summed E-state index contributed by atoms with van der Waals surface area (Å²) in [6.07, 6.45) is 5.70. The van der Waals surface area contributed by atoms with Crippen molar-refractivity contribution in [3.63, 3.8) is 0 Å². The molecule has 27 heavy (non-hydrogen) atoms. The van der Waals surface area contributed by atoms with E-state index in [2.05, 4.69) is 27.5 Å². The van der Waals surface area contributed by atoms with Crippen LogP contribution in [0.4, 0.5) is 5.82 Å². The fraction of sp³-hybridized carbons (Fsp3) is 0.350. The molecule has 3 heterocycles. The van der Waals surface area contributed by atoms with Crippen LogP contribution in [0.15, 0.2) is 42.9 Å². The molecule has 0 saturated carbocycles. The average molecular weight is 365 g/mol. The number of fused-ring (bicyclic) bond motifs is 1. The SMILES string of the molecule is CCC(=O)N(c1cc2cc(-c3cnn(C)c3)ccc2cn1)C1CNCCO1. The molecule has 4 rings (SSSR count). The molecule has 1 atom stereocenters. The number of amides is 1. The van der Waals surface area contributed by atoms with Gasteiger partial charge in [0.25, 0.3) is 0 Å². The Bertz CT molecular complexity index is 962. The highest BCUT2D eigenvalue weighted by atomic mass is 16.5. The van der Waals surface area contributed by atoms with Crippen LogP contribution in [-0.2, 0) is 16.6 Å². The minimum atomic E-state index is -0.336. The lowest BCUT2D eigenvalue weighted by Gasteiger charge is -2.33. The number of carbonyl (C=O) groups is 1. The number of nitrogens with one attached hydrogen (secondary N) is 1. The van der Waals surface area contributed by atoms with E-state index in [1.54, 1.807) is 9.58 Å². The highest BCUT2D eigenvalue weighted by Crippen LogP contribution is 2.27. The highest BCUT2D eigenvalue weighted by Gasteiger charge is 2.27. The molecule has 1 aliphatic heterocycles. The monoisotopic (exact) mass is 365 g/mol. The van der Waals surface area contributed by atoms with Gasteiger partial charge in [-0.25, -0.2) is 4.98 Å². The molecule has 0 radical (unpaired) electrons. The van der Waals surface area contributed by atoms with Crippen molar-refractivity contribution >= 4 is 22.5 Å². The van der Waals surface area contributed by atoms with Crippen LogP contribution in [0, 0.1) is 0 Å². The number of morpholine rings is 1. The lowest BCUT2D eigenvalue weighted by atomic mass is 10.0. The summed E-state index contributed by atoms with van der Waals surface area (Å²) in [5.74, 6) is 0.616. The standard InChI is InChI=1S/C20H23N5O2/c1-3-19(26)25(20-12-21-6-7-27-20)18-9-16-8-14(4-5-15(16)10-22-18)17-11-23-24(2)13-17/h4-5,8-11,13,20-21H,3,6-7,12H2,1-2H3. The minimum absolute atomic E-state index is 0.000959. The topological polar surface area (TPSA) is 72.3 Å². The Morgan fingerprint density at radius 1 is 1.30 bits per heavy atom. The van der Waals surface area contributed by atoms with E-state index < -0.39 is 0 Å². The molecule has 3 aromatic rings. The number of pyridine rings is 1. The first kappa shape index (κ1) is 17.6. The number of ether oxygens (including phenoxy) is 1. The average Bonchev–Trinajstić information content (AvgIpc) is 3.14. The Balaban J connectivity index is 1.74. The lowest BCUT2D eigenvalue weighted by Crippen LogP contribution is -2.52. The van der Waals surface area contributed by atoms with Crippen LogP contribution >= 0.6 is 0 Å². The van der Waals surface area contributed by atoms with Gasteiger partial charge in [-0.15, -0.1) is 0 Å². The molecule has 0 aliphatic carbocycles. The molecule has 1 aromatic carbocycles. The maximum Gasteiger partial charge on any atom is 0.230 e. The Hall–Kier alpha value is -2.77. The first-order valence-electron chi connectivity index (χ1n) is 9.19. The van der Waals surface area contributed by atoms with Gasteiger partial charge < -0.3 is 10.1 Å². The maximum atomic E-state index is 12.6. The summed E-state index contributed by atoms with van der Waals surface area (Å²) in [7, 11) is 1.90. The summed E-state index contributed by atoms with van der Waals surface area (Å²) in [5.41, 5.74) is 2.13. The van der Waals surface area contributed by atoms with Gasteiger partial charge in [0.2, 0.25) is 5.91 Å². The second-order valence-electron chi connectivity index (χ2n) is 6.65. The largest absolute Gasteiger partial charge is 0.355 e. The molecule has 0 bridgehead atoms. The summed E-state index contributed by atoms with van der Waals surface area (Å²) >= 11 is 0. The van der Waals surface area contributed by atoms with Gasteiger partial charge in [-0.1, -0.05) is 19.1 Å². The summed E-state index contributed by atoms with van der Waals surface area (Å²) in [4.78, 5) is 18.8. The molecule has 2 aromatic heterocycles. The number of nitrogens with zero attached hydrogens (tertiary/aromatic N) is 4. The van der Waals surface area contributed by atoms with Gasteiger partial charge >= 0.3 is 0 Å². The Kier molecular flexibility index (Phi) is 4.87. The first-order chi connectivity index (χ1) is 13.2.